The van der Waals surface area contributed by atoms with Crippen LogP contribution in [0.15, 0.2) is 40.9 Å². The number of aromatic nitrogens is 1. The van der Waals surface area contributed by atoms with Crippen molar-refractivity contribution in [3.8, 4) is 11.6 Å². The van der Waals surface area contributed by atoms with Gasteiger partial charge in [-0.15, -0.1) is 0 Å². The molecule has 0 aliphatic rings. The summed E-state index contributed by atoms with van der Waals surface area (Å²) in [5, 5.41) is 10.9. The Morgan fingerprint density at radius 3 is 2.46 bits per heavy atom. The number of aryl methyl sites for hydroxylation is 1. The second kappa shape index (κ2) is 2.94. The molecule has 1 aromatic heterocycles. The second-order valence-corrected chi connectivity index (χ2v) is 2.77. The van der Waals surface area contributed by atoms with Crippen LogP contribution in [0.2, 0.25) is 0 Å². The van der Waals surface area contributed by atoms with Crippen molar-refractivity contribution in [2.75, 3.05) is 0 Å². The van der Waals surface area contributed by atoms with Crippen molar-refractivity contribution < 1.29 is 14.1 Å². The summed E-state index contributed by atoms with van der Waals surface area (Å²) in [5.41, 5.74) is 0.936. The third-order valence-corrected chi connectivity index (χ3v) is 1.86. The molecule has 0 saturated carbocycles. The highest BCUT2D eigenvalue weighted by Gasteiger charge is 2.09. The lowest BCUT2D eigenvalue weighted by Crippen LogP contribution is -2.30. The van der Waals surface area contributed by atoms with Gasteiger partial charge in [0.25, 0.3) is 0 Å². The fraction of sp³-hybridized carbons (Fsp3) is 0.100. The van der Waals surface area contributed by atoms with E-state index in [1.165, 1.54) is 6.20 Å². The van der Waals surface area contributed by atoms with Crippen molar-refractivity contribution >= 4 is 0 Å². The summed E-state index contributed by atoms with van der Waals surface area (Å²) in [7, 11) is 0. The van der Waals surface area contributed by atoms with Crippen LogP contribution in [-0.4, -0.2) is 0 Å². The third-order valence-electron chi connectivity index (χ3n) is 1.86. The van der Waals surface area contributed by atoms with E-state index in [0.29, 0.717) is 5.89 Å². The summed E-state index contributed by atoms with van der Waals surface area (Å²) in [6.07, 6.45) is 1.44. The number of benzene rings is 1. The molecule has 0 amide bonds. The third kappa shape index (κ3) is 1.40. The first kappa shape index (κ1) is 7.86. The lowest BCUT2D eigenvalue weighted by atomic mass is 10.3. The summed E-state index contributed by atoms with van der Waals surface area (Å²) >= 11 is 0. The molecule has 0 aliphatic heterocycles. The van der Waals surface area contributed by atoms with Gasteiger partial charge in [0.2, 0.25) is 11.6 Å². The molecular formula is C10H9NO2. The minimum atomic E-state index is -0.318. The summed E-state index contributed by atoms with van der Waals surface area (Å²) in [6, 6.07) is 9.60. The van der Waals surface area contributed by atoms with Gasteiger partial charge in [-0.05, 0) is 0 Å². The normalized spacial score (nSPS) is 10.2. The Hall–Kier alpha value is -1.77. The predicted molar refractivity (Wildman–Crippen MR) is 44.4 cm³/mol. The van der Waals surface area contributed by atoms with Crippen LogP contribution >= 0.6 is 0 Å². The van der Waals surface area contributed by atoms with Crippen molar-refractivity contribution in [1.29, 1.82) is 0 Å². The van der Waals surface area contributed by atoms with E-state index >= 15 is 0 Å². The molecule has 0 atom stereocenters. The monoisotopic (exact) mass is 175 g/mol. The molecule has 2 aromatic rings. The molecule has 0 bridgehead atoms. The zero-order valence-corrected chi connectivity index (χ0v) is 7.23. The first-order valence-corrected chi connectivity index (χ1v) is 4.02. The number of rotatable bonds is 1. The van der Waals surface area contributed by atoms with E-state index in [4.69, 9.17) is 4.42 Å². The molecule has 2 rings (SSSR count). The molecule has 1 aromatic carbocycles. The van der Waals surface area contributed by atoms with E-state index in [-0.39, 0.29) is 5.95 Å². The molecule has 0 unspecified atom stereocenters. The highest BCUT2D eigenvalue weighted by Crippen LogP contribution is 2.07. The molecule has 0 N–H and O–H groups in total. The average molecular weight is 175 g/mol. The Kier molecular flexibility index (Phi) is 1.77. The van der Waals surface area contributed by atoms with Crippen LogP contribution in [0, 0.1) is 6.92 Å². The van der Waals surface area contributed by atoms with E-state index in [0.717, 1.165) is 5.69 Å². The summed E-state index contributed by atoms with van der Waals surface area (Å²) in [5.74, 6) is 0.276. The molecule has 66 valence electrons. The van der Waals surface area contributed by atoms with E-state index in [9.17, 15) is 5.11 Å². The number of para-hydroxylation sites is 1. The van der Waals surface area contributed by atoms with Gasteiger partial charge in [-0.3, -0.25) is 0 Å². The van der Waals surface area contributed by atoms with Gasteiger partial charge in [-0.1, -0.05) is 18.2 Å². The SMILES string of the molecule is Cc1oc([O-])c[n+]1-c1ccccc1. The van der Waals surface area contributed by atoms with Gasteiger partial charge in [0.15, 0.2) is 6.20 Å². The van der Waals surface area contributed by atoms with Crippen molar-refractivity contribution in [2.24, 2.45) is 0 Å². The van der Waals surface area contributed by atoms with Crippen LogP contribution in [0.3, 0.4) is 0 Å². The minimum Gasteiger partial charge on any atom is -0.540 e. The standard InChI is InChI=1S/C10H9NO2/c1-8-11(7-10(12)13-8)9-5-3-2-4-6-9/h2-7H,1H3. The molecule has 3 nitrogen and oxygen atoms in total. The lowest BCUT2D eigenvalue weighted by Gasteiger charge is -1.92. The molecule has 13 heavy (non-hydrogen) atoms. The van der Waals surface area contributed by atoms with Crippen molar-refractivity contribution in [2.45, 2.75) is 6.92 Å². The quantitative estimate of drug-likeness (QED) is 0.605. The molecule has 0 spiro atoms. The number of oxazole rings is 1. The first-order valence-electron chi connectivity index (χ1n) is 4.02. The first-order chi connectivity index (χ1) is 6.27. The molecule has 0 radical (unpaired) electrons. The maximum absolute atomic E-state index is 10.9. The summed E-state index contributed by atoms with van der Waals surface area (Å²) in [6.45, 7) is 1.76. The Bertz CT molecular complexity index is 406. The Labute approximate surface area is 75.9 Å². The highest BCUT2D eigenvalue weighted by molar-refractivity contribution is 5.21. The van der Waals surface area contributed by atoms with Gasteiger partial charge < -0.3 is 9.52 Å². The smallest absolute Gasteiger partial charge is 0.239 e. The zero-order chi connectivity index (χ0) is 9.26. The van der Waals surface area contributed by atoms with Gasteiger partial charge in [0.1, 0.15) is 5.95 Å². The second-order valence-electron chi connectivity index (χ2n) is 2.77. The molecular weight excluding hydrogens is 166 g/mol. The maximum atomic E-state index is 10.9. The van der Waals surface area contributed by atoms with Crippen LogP contribution in [0.1, 0.15) is 5.89 Å². The number of nitrogens with zero attached hydrogens (tertiary/aromatic N) is 1. The molecule has 0 aliphatic carbocycles. The maximum Gasteiger partial charge on any atom is 0.239 e. The molecule has 0 saturated heterocycles. The van der Waals surface area contributed by atoms with Gasteiger partial charge in [-0.25, -0.2) is 0 Å². The fourth-order valence-corrected chi connectivity index (χ4v) is 1.26. The van der Waals surface area contributed by atoms with Gasteiger partial charge in [0, 0.05) is 19.1 Å². The summed E-state index contributed by atoms with van der Waals surface area (Å²) in [4.78, 5) is 0. The molecule has 1 heterocycles. The zero-order valence-electron chi connectivity index (χ0n) is 7.23. The summed E-state index contributed by atoms with van der Waals surface area (Å²) < 4.78 is 6.60. The van der Waals surface area contributed by atoms with Crippen LogP contribution in [0.25, 0.3) is 5.69 Å². The topological polar surface area (TPSA) is 40.1 Å². The number of hydrogen-bond acceptors (Lipinski definition) is 2. The van der Waals surface area contributed by atoms with Crippen LogP contribution in [0.5, 0.6) is 5.95 Å². The molecule has 0 fully saturated rings. The Balaban J connectivity index is 2.53. The highest BCUT2D eigenvalue weighted by atomic mass is 16.5. The Morgan fingerprint density at radius 2 is 1.92 bits per heavy atom. The van der Waals surface area contributed by atoms with Gasteiger partial charge in [-0.2, -0.15) is 4.57 Å². The van der Waals surface area contributed by atoms with Crippen LogP contribution in [-0.2, 0) is 0 Å². The Morgan fingerprint density at radius 1 is 1.23 bits per heavy atom. The van der Waals surface area contributed by atoms with E-state index in [1.807, 2.05) is 30.3 Å². The predicted octanol–water partition coefficient (Wildman–Crippen LogP) is 0.938. The van der Waals surface area contributed by atoms with Crippen LogP contribution in [0.4, 0.5) is 0 Å². The van der Waals surface area contributed by atoms with Crippen LogP contribution < -0.4 is 9.67 Å². The molecule has 3 heteroatoms. The van der Waals surface area contributed by atoms with Gasteiger partial charge in [0.05, 0.1) is 0 Å². The number of hydrogen-bond donors (Lipinski definition) is 0. The van der Waals surface area contributed by atoms with Gasteiger partial charge >= 0.3 is 0 Å². The fourth-order valence-electron chi connectivity index (χ4n) is 1.26. The van der Waals surface area contributed by atoms with Crippen molar-refractivity contribution in [1.82, 2.24) is 0 Å². The minimum absolute atomic E-state index is 0.318. The average Bonchev–Trinajstić information content (AvgIpc) is 2.47. The van der Waals surface area contributed by atoms with E-state index in [2.05, 4.69) is 0 Å². The van der Waals surface area contributed by atoms with E-state index < -0.39 is 0 Å². The van der Waals surface area contributed by atoms with Crippen molar-refractivity contribution in [3.63, 3.8) is 0 Å². The van der Waals surface area contributed by atoms with Crippen molar-refractivity contribution in [3.05, 3.63) is 42.4 Å². The van der Waals surface area contributed by atoms with E-state index in [1.54, 1.807) is 11.5 Å². The largest absolute Gasteiger partial charge is 0.540 e. The lowest BCUT2D eigenvalue weighted by molar-refractivity contribution is -0.607.